The monoisotopic (exact) mass is 758 g/mol. The molecule has 0 fully saturated rings. The van der Waals surface area contributed by atoms with Crippen LogP contribution in [0.3, 0.4) is 0 Å². The van der Waals surface area contributed by atoms with Gasteiger partial charge in [-0.3, -0.25) is 0 Å². The fourth-order valence-corrected chi connectivity index (χ4v) is 10.4. The second kappa shape index (κ2) is 15.1. The van der Waals surface area contributed by atoms with E-state index in [-0.39, 0.29) is 12.1 Å². The van der Waals surface area contributed by atoms with Crippen LogP contribution in [0.4, 0.5) is 17.1 Å². The van der Waals surface area contributed by atoms with Gasteiger partial charge < -0.3 is 10.2 Å². The molecule has 0 saturated heterocycles. The molecule has 1 N–H and O–H groups in total. The molecule has 4 aliphatic carbocycles. The molecule has 0 saturated carbocycles. The highest BCUT2D eigenvalue weighted by Gasteiger charge is 2.42. The molecule has 5 atom stereocenters. The van der Waals surface area contributed by atoms with Crippen LogP contribution in [0, 0.1) is 17.8 Å². The largest absolute Gasteiger partial charge is 0.359 e. The molecule has 2 nitrogen and oxygen atoms in total. The fraction of sp³-hybridized carbons (Fsp3) is 0.123. The van der Waals surface area contributed by atoms with Gasteiger partial charge in [-0.1, -0.05) is 194 Å². The summed E-state index contributed by atoms with van der Waals surface area (Å²) in [5.74, 6) is 1.34. The number of allylic oxidation sites excluding steroid dienone is 13. The predicted octanol–water partition coefficient (Wildman–Crippen LogP) is 14.4. The van der Waals surface area contributed by atoms with E-state index in [4.69, 9.17) is 0 Å². The molecule has 59 heavy (non-hydrogen) atoms. The average Bonchev–Trinajstić information content (AvgIpc) is 3.71. The quantitative estimate of drug-likeness (QED) is 0.174. The zero-order valence-corrected chi connectivity index (χ0v) is 33.0. The first-order valence-corrected chi connectivity index (χ1v) is 21.2. The van der Waals surface area contributed by atoms with Gasteiger partial charge in [-0.05, 0) is 105 Å². The molecule has 4 unspecified atom stereocenters. The first-order chi connectivity index (χ1) is 29.3. The minimum Gasteiger partial charge on any atom is -0.359 e. The number of rotatable bonds is 7. The highest BCUT2D eigenvalue weighted by Crippen LogP contribution is 2.56. The summed E-state index contributed by atoms with van der Waals surface area (Å²) in [6, 6.07) is 57.9. The second-order valence-electron chi connectivity index (χ2n) is 16.3. The molecule has 1 aliphatic heterocycles. The molecule has 6 aromatic rings. The highest BCUT2D eigenvalue weighted by molar-refractivity contribution is 5.96. The summed E-state index contributed by atoms with van der Waals surface area (Å²) in [6.07, 6.45) is 25.9. The smallest absolute Gasteiger partial charge is 0.130 e. The van der Waals surface area contributed by atoms with Gasteiger partial charge in [0.15, 0.2) is 0 Å². The zero-order valence-electron chi connectivity index (χ0n) is 33.0. The molecule has 0 spiro atoms. The summed E-state index contributed by atoms with van der Waals surface area (Å²) >= 11 is 0. The van der Waals surface area contributed by atoms with E-state index in [1.807, 2.05) is 0 Å². The third kappa shape index (κ3) is 6.28. The van der Waals surface area contributed by atoms with Crippen molar-refractivity contribution in [1.29, 1.82) is 0 Å². The standard InChI is InChI=1S/C57H46N2/c1-4-18-40(19-5-1)45-24-10-12-26-47(45)55-49-28-14-15-29-50(49)56(48-27-13-11-25-46(48)41-20-6-2-7-21-41)52-38-43(36-37-51(52)55)39-32-34-42(35-33-39)57-58-53-30-16-17-31-54(53)59(57)44-22-8-3-9-23-44/h1-18,20-25,27-38,40,47,51,55,57-58H,19,26H2/t40?,47-,51?,55?,57?/m1/s1. The molecule has 0 amide bonds. The SMILES string of the molecule is C1=CCC(C2=CC=CC[C@H]2C2c3ccccc3C(c3ccccc3-c3ccccc3)=C3C=C(c4ccc(C5Nc6ccccc6N5c5ccccc5)cc4)C=CC32)C=C1. The number of nitrogens with zero attached hydrogens (tertiary/aromatic N) is 1. The number of nitrogens with one attached hydrogen (secondary N) is 1. The van der Waals surface area contributed by atoms with Crippen LogP contribution in [-0.2, 0) is 0 Å². The van der Waals surface area contributed by atoms with Crippen LogP contribution in [0.15, 0.2) is 230 Å². The van der Waals surface area contributed by atoms with Crippen molar-refractivity contribution in [1.82, 2.24) is 0 Å². The number of hydrogen-bond acceptors (Lipinski definition) is 2. The molecule has 0 bridgehead atoms. The van der Waals surface area contributed by atoms with Crippen LogP contribution in [-0.4, -0.2) is 0 Å². The first kappa shape index (κ1) is 35.3. The van der Waals surface area contributed by atoms with E-state index in [1.54, 1.807) is 5.57 Å². The summed E-state index contributed by atoms with van der Waals surface area (Å²) in [4.78, 5) is 2.41. The summed E-state index contributed by atoms with van der Waals surface area (Å²) in [7, 11) is 0. The third-order valence-corrected chi connectivity index (χ3v) is 13.1. The van der Waals surface area contributed by atoms with Gasteiger partial charge in [0.2, 0.25) is 0 Å². The van der Waals surface area contributed by atoms with Crippen LogP contribution in [0.25, 0.3) is 22.3 Å². The van der Waals surface area contributed by atoms with Crippen molar-refractivity contribution in [2.45, 2.75) is 24.9 Å². The van der Waals surface area contributed by atoms with Crippen LogP contribution >= 0.6 is 0 Å². The number of para-hydroxylation sites is 3. The highest BCUT2D eigenvalue weighted by atomic mass is 15.3. The van der Waals surface area contributed by atoms with Gasteiger partial charge in [-0.25, -0.2) is 0 Å². The molecular formula is C57H46N2. The Morgan fingerprint density at radius 3 is 2.08 bits per heavy atom. The van der Waals surface area contributed by atoms with Crippen LogP contribution in [0.1, 0.15) is 52.7 Å². The Bertz CT molecular complexity index is 2760. The van der Waals surface area contributed by atoms with Crippen molar-refractivity contribution in [2.75, 3.05) is 10.2 Å². The Morgan fingerprint density at radius 2 is 1.27 bits per heavy atom. The summed E-state index contributed by atoms with van der Waals surface area (Å²) < 4.78 is 0. The minimum atomic E-state index is -0.00944. The van der Waals surface area contributed by atoms with E-state index in [1.165, 1.54) is 67.0 Å². The maximum atomic E-state index is 3.82. The number of hydrogen-bond donors (Lipinski definition) is 1. The molecule has 5 aliphatic rings. The molecule has 0 aromatic heterocycles. The Balaban J connectivity index is 1.04. The summed E-state index contributed by atoms with van der Waals surface area (Å²) in [6.45, 7) is 0. The molecule has 2 heteroatoms. The molecule has 0 radical (unpaired) electrons. The van der Waals surface area contributed by atoms with E-state index in [9.17, 15) is 0 Å². The van der Waals surface area contributed by atoms with Gasteiger partial charge in [-0.2, -0.15) is 0 Å². The van der Waals surface area contributed by atoms with Gasteiger partial charge >= 0.3 is 0 Å². The molecule has 1 heterocycles. The van der Waals surface area contributed by atoms with Crippen molar-refractivity contribution >= 4 is 28.2 Å². The van der Waals surface area contributed by atoms with Crippen molar-refractivity contribution in [3.63, 3.8) is 0 Å². The van der Waals surface area contributed by atoms with E-state index < -0.39 is 0 Å². The predicted molar refractivity (Wildman–Crippen MR) is 247 cm³/mol. The molecule has 284 valence electrons. The number of fused-ring (bicyclic) bond motifs is 3. The second-order valence-corrected chi connectivity index (χ2v) is 16.3. The van der Waals surface area contributed by atoms with Gasteiger partial charge in [0, 0.05) is 23.4 Å². The lowest BCUT2D eigenvalue weighted by Crippen LogP contribution is -2.31. The summed E-state index contributed by atoms with van der Waals surface area (Å²) in [5.41, 5.74) is 18.2. The first-order valence-electron chi connectivity index (χ1n) is 21.2. The summed E-state index contributed by atoms with van der Waals surface area (Å²) in [5, 5.41) is 3.82. The molecule has 6 aromatic carbocycles. The minimum absolute atomic E-state index is 0.00944. The van der Waals surface area contributed by atoms with E-state index in [0.29, 0.717) is 17.8 Å². The number of benzene rings is 6. The number of anilines is 3. The van der Waals surface area contributed by atoms with E-state index in [2.05, 4.69) is 229 Å². The van der Waals surface area contributed by atoms with Crippen molar-refractivity contribution in [3.05, 3.63) is 257 Å². The maximum Gasteiger partial charge on any atom is 0.130 e. The lowest BCUT2D eigenvalue weighted by Gasteiger charge is -2.43. The van der Waals surface area contributed by atoms with Crippen molar-refractivity contribution in [2.24, 2.45) is 17.8 Å². The topological polar surface area (TPSA) is 15.3 Å². The average molecular weight is 759 g/mol. The van der Waals surface area contributed by atoms with Gasteiger partial charge in [0.1, 0.15) is 6.17 Å². The van der Waals surface area contributed by atoms with Crippen molar-refractivity contribution < 1.29 is 0 Å². The van der Waals surface area contributed by atoms with Crippen LogP contribution < -0.4 is 10.2 Å². The normalized spacial score (nSPS) is 22.6. The van der Waals surface area contributed by atoms with E-state index >= 15 is 0 Å². The van der Waals surface area contributed by atoms with Crippen LogP contribution in [0.5, 0.6) is 0 Å². The van der Waals surface area contributed by atoms with Gasteiger partial charge in [0.25, 0.3) is 0 Å². The zero-order chi connectivity index (χ0) is 39.1. The fourth-order valence-electron chi connectivity index (χ4n) is 10.4. The third-order valence-electron chi connectivity index (χ3n) is 13.1. The lowest BCUT2D eigenvalue weighted by atomic mass is 9.60. The Kier molecular flexibility index (Phi) is 9.04. The van der Waals surface area contributed by atoms with Gasteiger partial charge in [-0.15, -0.1) is 0 Å². The van der Waals surface area contributed by atoms with Crippen molar-refractivity contribution in [3.8, 4) is 11.1 Å². The van der Waals surface area contributed by atoms with Crippen LogP contribution in [0.2, 0.25) is 0 Å². The van der Waals surface area contributed by atoms with E-state index in [0.717, 1.165) is 18.5 Å². The Morgan fingerprint density at radius 1 is 0.559 bits per heavy atom. The van der Waals surface area contributed by atoms with Gasteiger partial charge in [0.05, 0.1) is 11.4 Å². The lowest BCUT2D eigenvalue weighted by molar-refractivity contribution is 0.396. The Hall–Kier alpha value is -6.90. The molecule has 11 rings (SSSR count). The molecular weight excluding hydrogens is 713 g/mol. The maximum absolute atomic E-state index is 3.82. The Labute approximate surface area is 348 Å².